The third-order valence-electron chi connectivity index (χ3n) is 15.1. The summed E-state index contributed by atoms with van der Waals surface area (Å²) in [5.74, 6) is 2.40. The van der Waals surface area contributed by atoms with Crippen molar-refractivity contribution in [3.63, 3.8) is 0 Å². The first-order valence-corrected chi connectivity index (χ1v) is 26.9. The normalized spacial score (nSPS) is 12.1. The smallest absolute Gasteiger partial charge is 0.221 e. The van der Waals surface area contributed by atoms with Crippen LogP contribution in [-0.2, 0) is 0 Å². The van der Waals surface area contributed by atoms with Crippen LogP contribution in [0.25, 0.3) is 99.9 Å². The monoisotopic (exact) mass is 948 g/mol. The van der Waals surface area contributed by atoms with Crippen molar-refractivity contribution in [3.8, 4) is 28.5 Å². The fourth-order valence-corrected chi connectivity index (χ4v) is 16.8. The van der Waals surface area contributed by atoms with E-state index in [1.165, 1.54) is 53.3 Å². The maximum absolute atomic E-state index is 5.76. The summed E-state index contributed by atoms with van der Waals surface area (Å²) in [5.41, 5.74) is 11.8. The Bertz CT molecular complexity index is 4420. The van der Waals surface area contributed by atoms with Crippen molar-refractivity contribution in [3.05, 3.63) is 267 Å². The van der Waals surface area contributed by atoms with Gasteiger partial charge in [-0.2, -0.15) is 0 Å². The molecule has 5 aromatic heterocycles. The third-order valence-corrected chi connectivity index (χ3v) is 19.9. The van der Waals surface area contributed by atoms with Crippen molar-refractivity contribution >= 4 is 100 Å². The lowest BCUT2D eigenvalue weighted by Gasteiger charge is -2.34. The number of para-hydroxylation sites is 6. The van der Waals surface area contributed by atoms with Gasteiger partial charge in [0.1, 0.15) is 11.6 Å². The van der Waals surface area contributed by atoms with E-state index in [0.29, 0.717) is 0 Å². The number of rotatable bonds is 8. The number of benzene rings is 10. The molecule has 0 saturated carbocycles. The topological polar surface area (TPSA) is 45.0 Å². The van der Waals surface area contributed by atoms with E-state index in [1.54, 1.807) is 0 Å². The lowest BCUT2D eigenvalue weighted by Crippen LogP contribution is -2.74. The maximum atomic E-state index is 5.76. The number of nitrogens with zero attached hydrogens (tertiary/aromatic N) is 6. The second kappa shape index (κ2) is 16.2. The van der Waals surface area contributed by atoms with Gasteiger partial charge in [-0.3, -0.25) is 13.5 Å². The summed E-state index contributed by atoms with van der Waals surface area (Å²) in [4.78, 5) is 11.2. The molecule has 0 aliphatic rings. The molecular formula is C66H44N6Si. The molecule has 0 atom stereocenters. The van der Waals surface area contributed by atoms with E-state index >= 15 is 0 Å². The van der Waals surface area contributed by atoms with Crippen molar-refractivity contribution < 1.29 is 0 Å². The Balaban J connectivity index is 1.03. The number of hydrogen-bond acceptors (Lipinski definition) is 2. The van der Waals surface area contributed by atoms with E-state index in [-0.39, 0.29) is 0 Å². The van der Waals surface area contributed by atoms with E-state index in [9.17, 15) is 0 Å². The van der Waals surface area contributed by atoms with Crippen LogP contribution in [0, 0.1) is 0 Å². The summed E-state index contributed by atoms with van der Waals surface area (Å²) in [6.07, 6.45) is 0. The van der Waals surface area contributed by atoms with Gasteiger partial charge in [0.15, 0.2) is 8.07 Å². The molecule has 342 valence electrons. The zero-order valence-electron chi connectivity index (χ0n) is 39.6. The highest BCUT2D eigenvalue weighted by Crippen LogP contribution is 2.38. The molecule has 0 amide bonds. The number of aromatic nitrogens is 6. The molecule has 0 radical (unpaired) electrons. The summed E-state index contributed by atoms with van der Waals surface area (Å²) < 4.78 is 9.36. The quantitative estimate of drug-likeness (QED) is 0.113. The molecular weight excluding hydrogens is 905 g/mol. The minimum Gasteiger partial charge on any atom is -0.309 e. The van der Waals surface area contributed by atoms with Crippen molar-refractivity contribution in [1.29, 1.82) is 0 Å². The van der Waals surface area contributed by atoms with Gasteiger partial charge in [0.25, 0.3) is 0 Å². The first-order valence-electron chi connectivity index (χ1n) is 24.9. The molecule has 0 spiro atoms. The van der Waals surface area contributed by atoms with E-state index in [1.807, 2.05) is 0 Å². The summed E-state index contributed by atoms with van der Waals surface area (Å²) in [7, 11) is -2.90. The zero-order chi connectivity index (χ0) is 48.0. The second-order valence-electron chi connectivity index (χ2n) is 19.0. The maximum Gasteiger partial charge on any atom is 0.221 e. The second-order valence-corrected chi connectivity index (χ2v) is 22.8. The summed E-state index contributed by atoms with van der Waals surface area (Å²) in [5, 5.41) is 10.1. The van der Waals surface area contributed by atoms with Crippen LogP contribution in [0.4, 0.5) is 0 Å². The highest BCUT2D eigenvalue weighted by Gasteiger charge is 2.42. The molecule has 6 nitrogen and oxygen atoms in total. The van der Waals surface area contributed by atoms with Crippen LogP contribution >= 0.6 is 0 Å². The first-order chi connectivity index (χ1) is 36.2. The SMILES string of the molecule is c1ccc([Si](c2ccccc2)(c2ccccc2)c2ccc3c(c2)n2c4ccccc4nc2n3-c2cc(-c3cccc(-n4c5ccccc5c5ccccc54)c3)cc(-n3c4ccccc4c4ccccc43)n2)cc1. The Kier molecular flexibility index (Phi) is 9.18. The van der Waals surface area contributed by atoms with Gasteiger partial charge in [0.05, 0.1) is 44.1 Å². The molecule has 73 heavy (non-hydrogen) atoms. The van der Waals surface area contributed by atoms with Crippen molar-refractivity contribution in [2.75, 3.05) is 0 Å². The fourth-order valence-electron chi connectivity index (χ4n) is 12.0. The van der Waals surface area contributed by atoms with Crippen LogP contribution in [0.15, 0.2) is 267 Å². The average Bonchev–Trinajstić information content (AvgIpc) is 4.20. The van der Waals surface area contributed by atoms with Gasteiger partial charge >= 0.3 is 0 Å². The molecule has 0 fully saturated rings. The molecule has 7 heteroatoms. The van der Waals surface area contributed by atoms with Crippen LogP contribution in [0.3, 0.4) is 0 Å². The molecule has 0 saturated heterocycles. The minimum absolute atomic E-state index is 0.775. The molecule has 0 unspecified atom stereocenters. The lowest BCUT2D eigenvalue weighted by atomic mass is 10.1. The molecule has 0 bridgehead atoms. The van der Waals surface area contributed by atoms with Gasteiger partial charge in [-0.05, 0) is 105 Å². The molecule has 15 rings (SSSR count). The molecule has 5 heterocycles. The molecule has 10 aromatic carbocycles. The molecule has 15 aromatic rings. The summed E-state index contributed by atoms with van der Waals surface area (Å²) in [6.45, 7) is 0. The van der Waals surface area contributed by atoms with Crippen LogP contribution in [0.2, 0.25) is 0 Å². The Labute approximate surface area is 421 Å². The van der Waals surface area contributed by atoms with Gasteiger partial charge in [-0.15, -0.1) is 0 Å². The van der Waals surface area contributed by atoms with Gasteiger partial charge in [0, 0.05) is 27.2 Å². The van der Waals surface area contributed by atoms with Crippen LogP contribution in [0.1, 0.15) is 0 Å². The van der Waals surface area contributed by atoms with Gasteiger partial charge in [-0.1, -0.05) is 194 Å². The fraction of sp³-hybridized carbons (Fsp3) is 0. The Hall–Kier alpha value is -9.56. The number of fused-ring (bicyclic) bond motifs is 11. The van der Waals surface area contributed by atoms with Crippen LogP contribution in [0.5, 0.6) is 0 Å². The summed E-state index contributed by atoms with van der Waals surface area (Å²) in [6, 6.07) is 97.3. The molecule has 0 N–H and O–H groups in total. The molecule has 0 aliphatic heterocycles. The molecule has 0 aliphatic carbocycles. The van der Waals surface area contributed by atoms with Crippen molar-refractivity contribution in [1.82, 2.24) is 28.1 Å². The van der Waals surface area contributed by atoms with Crippen molar-refractivity contribution in [2.24, 2.45) is 0 Å². The highest BCUT2D eigenvalue weighted by atomic mass is 28.3. The Morgan fingerprint density at radius 3 is 1.29 bits per heavy atom. The predicted octanol–water partition coefficient (Wildman–Crippen LogP) is 13.1. The van der Waals surface area contributed by atoms with Crippen LogP contribution < -0.4 is 20.7 Å². The van der Waals surface area contributed by atoms with E-state index in [2.05, 4.69) is 285 Å². The van der Waals surface area contributed by atoms with Crippen LogP contribution in [-0.4, -0.2) is 36.1 Å². The Morgan fingerprint density at radius 1 is 0.274 bits per heavy atom. The van der Waals surface area contributed by atoms with E-state index in [4.69, 9.17) is 9.97 Å². The predicted molar refractivity (Wildman–Crippen MR) is 305 cm³/mol. The zero-order valence-corrected chi connectivity index (χ0v) is 40.6. The van der Waals surface area contributed by atoms with Gasteiger partial charge in [-0.25, -0.2) is 9.97 Å². The van der Waals surface area contributed by atoms with Gasteiger partial charge in [0.2, 0.25) is 5.78 Å². The lowest BCUT2D eigenvalue weighted by molar-refractivity contribution is 0.996. The number of pyridine rings is 1. The van der Waals surface area contributed by atoms with E-state index < -0.39 is 8.07 Å². The first kappa shape index (κ1) is 41.2. The standard InChI is InChI=1S/C66H44N6Si/c1-4-23-48(24-5-1)73(49-25-6-2-7-26-49,50-27-8-3-9-28-50)51-39-40-62-63(44-51)71-61-38-19-14-33-56(61)67-66(71)72(62)65-43-46(42-64(68-65)70-59-36-17-12-31-54(59)55-32-13-18-37-60(55)70)45-21-20-22-47(41-45)69-57-34-15-10-29-52(57)53-30-11-16-35-58(53)69/h1-44H. The minimum atomic E-state index is -2.90. The Morgan fingerprint density at radius 2 is 0.740 bits per heavy atom. The summed E-state index contributed by atoms with van der Waals surface area (Å²) >= 11 is 0. The average molecular weight is 949 g/mol. The van der Waals surface area contributed by atoms with Gasteiger partial charge < -0.3 is 4.57 Å². The van der Waals surface area contributed by atoms with E-state index in [0.717, 1.165) is 67.3 Å². The van der Waals surface area contributed by atoms with Crippen molar-refractivity contribution in [2.45, 2.75) is 0 Å². The number of hydrogen-bond donors (Lipinski definition) is 0. The third kappa shape index (κ3) is 6.16. The highest BCUT2D eigenvalue weighted by molar-refractivity contribution is 7.20. The number of imidazole rings is 2. The largest absolute Gasteiger partial charge is 0.309 e.